The van der Waals surface area contributed by atoms with Gasteiger partial charge in [0.25, 0.3) is 5.91 Å². The van der Waals surface area contributed by atoms with E-state index in [2.05, 4.69) is 27.6 Å². The number of nitrogens with zero attached hydrogens (tertiary/aromatic N) is 2. The third-order valence-electron chi connectivity index (χ3n) is 4.88. The number of nitrogens with one attached hydrogen (secondary N) is 2. The van der Waals surface area contributed by atoms with Crippen LogP contribution in [0.3, 0.4) is 0 Å². The van der Waals surface area contributed by atoms with Gasteiger partial charge in [-0.3, -0.25) is 4.79 Å². The lowest BCUT2D eigenvalue weighted by Crippen LogP contribution is -2.32. The second-order valence-electron chi connectivity index (χ2n) is 6.42. The van der Waals surface area contributed by atoms with Gasteiger partial charge in [-0.25, -0.2) is 4.98 Å². The number of hydrogen-bond acceptors (Lipinski definition) is 5. The van der Waals surface area contributed by atoms with Gasteiger partial charge in [0.2, 0.25) is 0 Å². The van der Waals surface area contributed by atoms with Gasteiger partial charge in [0.05, 0.1) is 0 Å². The highest BCUT2D eigenvalue weighted by Crippen LogP contribution is 2.24. The van der Waals surface area contributed by atoms with Crippen molar-refractivity contribution in [3.05, 3.63) is 17.8 Å². The van der Waals surface area contributed by atoms with Gasteiger partial charge in [-0.1, -0.05) is 0 Å². The number of carbonyl (C=O) groups is 1. The molecule has 0 spiro atoms. The zero-order chi connectivity index (χ0) is 15.4. The van der Waals surface area contributed by atoms with E-state index < -0.39 is 0 Å². The summed E-state index contributed by atoms with van der Waals surface area (Å²) in [6.45, 7) is 3.85. The molecule has 0 saturated carbocycles. The smallest absolute Gasteiger partial charge is 0.273 e. The fraction of sp³-hybridized carbons (Fsp3) is 0.750. The molecule has 2 aliphatic heterocycles. The van der Waals surface area contributed by atoms with Crippen LogP contribution in [0.4, 0.5) is 0 Å². The summed E-state index contributed by atoms with van der Waals surface area (Å²) in [6.07, 6.45) is 7.04. The van der Waals surface area contributed by atoms with Crippen LogP contribution in [0, 0.1) is 0 Å². The molecule has 1 aromatic rings. The number of piperidine rings is 1. The van der Waals surface area contributed by atoms with E-state index >= 15 is 0 Å². The highest BCUT2D eigenvalue weighted by atomic mass is 16.3. The summed E-state index contributed by atoms with van der Waals surface area (Å²) in [6, 6.07) is 0.600. The third-order valence-corrected chi connectivity index (χ3v) is 4.88. The second-order valence-corrected chi connectivity index (χ2v) is 6.42. The van der Waals surface area contributed by atoms with Crippen LogP contribution in [0.2, 0.25) is 0 Å². The first-order valence-electron chi connectivity index (χ1n) is 8.38. The van der Waals surface area contributed by atoms with Crippen molar-refractivity contribution < 1.29 is 9.21 Å². The zero-order valence-electron chi connectivity index (χ0n) is 13.3. The van der Waals surface area contributed by atoms with E-state index in [0.29, 0.717) is 30.1 Å². The average molecular weight is 306 g/mol. The molecule has 2 aliphatic rings. The first kappa shape index (κ1) is 15.5. The summed E-state index contributed by atoms with van der Waals surface area (Å²) < 4.78 is 5.51. The Kier molecular flexibility index (Phi) is 5.10. The van der Waals surface area contributed by atoms with Gasteiger partial charge in [-0.15, -0.1) is 0 Å². The highest BCUT2D eigenvalue weighted by molar-refractivity contribution is 5.91. The van der Waals surface area contributed by atoms with Crippen LogP contribution in [-0.2, 0) is 0 Å². The summed E-state index contributed by atoms with van der Waals surface area (Å²) in [5, 5.41) is 6.28. The Balaban J connectivity index is 1.46. The molecule has 3 heterocycles. The Morgan fingerprint density at radius 3 is 3.00 bits per heavy atom. The Hall–Kier alpha value is -1.40. The molecule has 6 heteroatoms. The van der Waals surface area contributed by atoms with E-state index in [1.807, 2.05) is 0 Å². The first-order chi connectivity index (χ1) is 10.7. The summed E-state index contributed by atoms with van der Waals surface area (Å²) in [5.74, 6) is 0.932. The lowest BCUT2D eigenvalue weighted by molar-refractivity contribution is 0.0945. The number of oxazole rings is 1. The number of hydrogen-bond donors (Lipinski definition) is 2. The molecular formula is C16H26N4O2. The van der Waals surface area contributed by atoms with Gasteiger partial charge in [-0.2, -0.15) is 0 Å². The number of aromatic nitrogens is 1. The molecule has 0 radical (unpaired) electrons. The third kappa shape index (κ3) is 3.67. The van der Waals surface area contributed by atoms with Crippen molar-refractivity contribution in [2.24, 2.45) is 0 Å². The molecule has 0 bridgehead atoms. The van der Waals surface area contributed by atoms with Gasteiger partial charge in [0.15, 0.2) is 11.6 Å². The molecule has 6 nitrogen and oxygen atoms in total. The van der Waals surface area contributed by atoms with Crippen LogP contribution in [0.15, 0.2) is 10.7 Å². The van der Waals surface area contributed by atoms with Crippen LogP contribution in [0.5, 0.6) is 0 Å². The summed E-state index contributed by atoms with van der Waals surface area (Å²) >= 11 is 0. The van der Waals surface area contributed by atoms with Gasteiger partial charge >= 0.3 is 0 Å². The Morgan fingerprint density at radius 2 is 2.27 bits per heavy atom. The molecule has 122 valence electrons. The minimum Gasteiger partial charge on any atom is -0.448 e. The van der Waals surface area contributed by atoms with E-state index in [1.54, 1.807) is 0 Å². The molecule has 0 aliphatic carbocycles. The zero-order valence-corrected chi connectivity index (χ0v) is 13.3. The molecule has 1 amide bonds. The van der Waals surface area contributed by atoms with Gasteiger partial charge in [0, 0.05) is 18.5 Å². The molecule has 3 rings (SSSR count). The fourth-order valence-corrected chi connectivity index (χ4v) is 3.44. The lowest BCUT2D eigenvalue weighted by atomic mass is 9.98. The average Bonchev–Trinajstić information content (AvgIpc) is 3.18. The summed E-state index contributed by atoms with van der Waals surface area (Å²) in [4.78, 5) is 18.9. The van der Waals surface area contributed by atoms with Crippen molar-refractivity contribution in [1.82, 2.24) is 20.5 Å². The van der Waals surface area contributed by atoms with Crippen LogP contribution < -0.4 is 10.6 Å². The van der Waals surface area contributed by atoms with E-state index in [-0.39, 0.29) is 5.91 Å². The van der Waals surface area contributed by atoms with Crippen molar-refractivity contribution >= 4 is 5.91 Å². The van der Waals surface area contributed by atoms with Crippen molar-refractivity contribution in [2.45, 2.75) is 44.1 Å². The Labute approximate surface area is 131 Å². The maximum Gasteiger partial charge on any atom is 0.273 e. The maximum atomic E-state index is 12.1. The SMILES string of the molecule is CN1CCCC1CCNC(=O)c1coc(C2CCNCC2)n1. The minimum atomic E-state index is -0.121. The molecule has 0 aromatic carbocycles. The summed E-state index contributed by atoms with van der Waals surface area (Å²) in [5.41, 5.74) is 0.410. The Morgan fingerprint density at radius 1 is 1.45 bits per heavy atom. The van der Waals surface area contributed by atoms with Crippen molar-refractivity contribution in [3.63, 3.8) is 0 Å². The van der Waals surface area contributed by atoms with Crippen molar-refractivity contribution in [2.75, 3.05) is 33.2 Å². The fourth-order valence-electron chi connectivity index (χ4n) is 3.44. The molecular weight excluding hydrogens is 280 g/mol. The largest absolute Gasteiger partial charge is 0.448 e. The predicted octanol–water partition coefficient (Wildman–Crippen LogP) is 1.36. The lowest BCUT2D eigenvalue weighted by Gasteiger charge is -2.19. The minimum absolute atomic E-state index is 0.121. The normalized spacial score (nSPS) is 23.8. The van der Waals surface area contributed by atoms with E-state index in [0.717, 1.165) is 32.4 Å². The van der Waals surface area contributed by atoms with Crippen LogP contribution in [0.25, 0.3) is 0 Å². The number of rotatable bonds is 5. The topological polar surface area (TPSA) is 70.4 Å². The molecule has 2 saturated heterocycles. The maximum absolute atomic E-state index is 12.1. The van der Waals surface area contributed by atoms with Crippen molar-refractivity contribution in [3.8, 4) is 0 Å². The first-order valence-corrected chi connectivity index (χ1v) is 8.38. The van der Waals surface area contributed by atoms with E-state index in [1.165, 1.54) is 25.6 Å². The van der Waals surface area contributed by atoms with Gasteiger partial charge < -0.3 is 20.0 Å². The Bertz CT molecular complexity index is 496. The molecule has 1 atom stereocenters. The van der Waals surface area contributed by atoms with Crippen LogP contribution in [-0.4, -0.2) is 55.1 Å². The summed E-state index contributed by atoms with van der Waals surface area (Å²) in [7, 11) is 2.16. The molecule has 22 heavy (non-hydrogen) atoms. The molecule has 2 fully saturated rings. The number of likely N-dealkylation sites (tertiary alicyclic amines) is 1. The quantitative estimate of drug-likeness (QED) is 0.859. The van der Waals surface area contributed by atoms with E-state index in [4.69, 9.17) is 4.42 Å². The van der Waals surface area contributed by atoms with Crippen molar-refractivity contribution in [1.29, 1.82) is 0 Å². The van der Waals surface area contributed by atoms with Crippen LogP contribution >= 0.6 is 0 Å². The molecule has 1 unspecified atom stereocenters. The molecule has 1 aromatic heterocycles. The standard InChI is InChI=1S/C16H26N4O2/c1-20-10-2-3-13(20)6-9-18-15(21)14-11-22-16(19-14)12-4-7-17-8-5-12/h11-13,17H,2-10H2,1H3,(H,18,21). The van der Waals surface area contributed by atoms with Crippen LogP contribution in [0.1, 0.15) is 54.4 Å². The number of amides is 1. The second kappa shape index (κ2) is 7.24. The molecule has 2 N–H and O–H groups in total. The van der Waals surface area contributed by atoms with E-state index in [9.17, 15) is 4.79 Å². The highest BCUT2D eigenvalue weighted by Gasteiger charge is 2.23. The van der Waals surface area contributed by atoms with Gasteiger partial charge in [-0.05, 0) is 58.8 Å². The van der Waals surface area contributed by atoms with Gasteiger partial charge in [0.1, 0.15) is 6.26 Å². The number of carbonyl (C=O) groups excluding carboxylic acids is 1. The monoisotopic (exact) mass is 306 g/mol. The predicted molar refractivity (Wildman–Crippen MR) is 83.9 cm³/mol.